The molecule has 0 aliphatic heterocycles. The first kappa shape index (κ1) is 11.5. The zero-order valence-corrected chi connectivity index (χ0v) is 8.82. The minimum Gasteiger partial charge on any atom is -0.471 e. The minimum atomic E-state index is -0.399. The van der Waals surface area contributed by atoms with E-state index in [9.17, 15) is 4.79 Å². The smallest absolute Gasteiger partial charge is 0.277 e. The van der Waals surface area contributed by atoms with Crippen LogP contribution in [0.1, 0.15) is 13.8 Å². The van der Waals surface area contributed by atoms with Crippen LogP contribution in [0.3, 0.4) is 0 Å². The van der Waals surface area contributed by atoms with Crippen LogP contribution in [0.25, 0.3) is 0 Å². The van der Waals surface area contributed by atoms with Gasteiger partial charge in [0, 0.05) is 6.61 Å². The van der Waals surface area contributed by atoms with E-state index in [0.29, 0.717) is 13.2 Å². The molecule has 0 radical (unpaired) electrons. The summed E-state index contributed by atoms with van der Waals surface area (Å²) in [4.78, 5) is 17.3. The second-order valence-electron chi connectivity index (χ2n) is 3.04. The Morgan fingerprint density at radius 3 is 3.07 bits per heavy atom. The summed E-state index contributed by atoms with van der Waals surface area (Å²) in [6.07, 6.45) is 1.06. The summed E-state index contributed by atoms with van der Waals surface area (Å²) in [6.45, 7) is 4.76. The molecular weight excluding hydrogens is 198 g/mol. The van der Waals surface area contributed by atoms with Gasteiger partial charge >= 0.3 is 0 Å². The van der Waals surface area contributed by atoms with Gasteiger partial charge in [0.15, 0.2) is 5.69 Å². The lowest BCUT2D eigenvalue weighted by Gasteiger charge is -2.13. The summed E-state index contributed by atoms with van der Waals surface area (Å²) >= 11 is 0. The Balaban J connectivity index is 2.64. The molecule has 1 atom stereocenters. The van der Waals surface area contributed by atoms with Crippen molar-refractivity contribution in [1.82, 2.24) is 9.97 Å². The highest BCUT2D eigenvalue weighted by Crippen LogP contribution is 2.12. The molecule has 84 valence electrons. The predicted molar refractivity (Wildman–Crippen MR) is 55.9 cm³/mol. The number of nitrogen functional groups attached to an aromatic ring is 1. The van der Waals surface area contributed by atoms with Crippen molar-refractivity contribution >= 4 is 5.69 Å². The summed E-state index contributed by atoms with van der Waals surface area (Å²) in [5.74, 6) is 0.144. The number of nitrogens with zero attached hydrogens (tertiary/aromatic N) is 1. The van der Waals surface area contributed by atoms with Crippen molar-refractivity contribution < 1.29 is 9.47 Å². The Kier molecular flexibility index (Phi) is 4.11. The summed E-state index contributed by atoms with van der Waals surface area (Å²) in [5.41, 5.74) is 5.07. The van der Waals surface area contributed by atoms with E-state index >= 15 is 0 Å². The number of H-pyrrole nitrogens is 1. The number of ether oxygens (including phenoxy) is 2. The highest BCUT2D eigenvalue weighted by atomic mass is 16.5. The van der Waals surface area contributed by atoms with E-state index in [1.54, 1.807) is 0 Å². The fraction of sp³-hybridized carbons (Fsp3) is 0.556. The van der Waals surface area contributed by atoms with Crippen LogP contribution in [0.5, 0.6) is 5.88 Å². The number of aromatic nitrogens is 2. The molecule has 1 heterocycles. The molecule has 0 bridgehead atoms. The summed E-state index contributed by atoms with van der Waals surface area (Å²) in [7, 11) is 0. The zero-order valence-electron chi connectivity index (χ0n) is 8.82. The Hall–Kier alpha value is -1.56. The molecule has 6 nitrogen and oxygen atoms in total. The lowest BCUT2D eigenvalue weighted by atomic mass is 10.4. The Labute approximate surface area is 87.4 Å². The van der Waals surface area contributed by atoms with Crippen molar-refractivity contribution in [1.29, 1.82) is 0 Å². The largest absolute Gasteiger partial charge is 0.471 e. The van der Waals surface area contributed by atoms with Crippen molar-refractivity contribution in [2.75, 3.05) is 18.9 Å². The standard InChI is InChI=1S/C9H15N3O3/c1-3-14-4-6(2)15-9-7(10)8(13)11-5-12-9/h5-6H,3-4,10H2,1-2H3,(H,11,12,13). The Morgan fingerprint density at radius 1 is 1.67 bits per heavy atom. The maximum atomic E-state index is 11.1. The van der Waals surface area contributed by atoms with E-state index in [1.165, 1.54) is 6.33 Å². The third kappa shape index (κ3) is 3.25. The van der Waals surface area contributed by atoms with Gasteiger partial charge in [-0.25, -0.2) is 4.98 Å². The van der Waals surface area contributed by atoms with Crippen molar-refractivity contribution in [3.05, 3.63) is 16.7 Å². The van der Waals surface area contributed by atoms with Crippen LogP contribution < -0.4 is 16.0 Å². The first-order valence-electron chi connectivity index (χ1n) is 4.72. The van der Waals surface area contributed by atoms with Crippen LogP contribution >= 0.6 is 0 Å². The molecular formula is C9H15N3O3. The quantitative estimate of drug-likeness (QED) is 0.726. The molecule has 0 aliphatic rings. The molecule has 1 aromatic rings. The van der Waals surface area contributed by atoms with E-state index in [4.69, 9.17) is 15.2 Å². The average molecular weight is 213 g/mol. The summed E-state index contributed by atoms with van der Waals surface area (Å²) in [5, 5.41) is 0. The average Bonchev–Trinajstić information content (AvgIpc) is 2.22. The van der Waals surface area contributed by atoms with Gasteiger partial charge < -0.3 is 20.2 Å². The van der Waals surface area contributed by atoms with Gasteiger partial charge in [0.2, 0.25) is 5.88 Å². The molecule has 3 N–H and O–H groups in total. The maximum Gasteiger partial charge on any atom is 0.277 e. The molecule has 15 heavy (non-hydrogen) atoms. The number of nitrogens with one attached hydrogen (secondary N) is 1. The van der Waals surface area contributed by atoms with E-state index in [2.05, 4.69) is 9.97 Å². The van der Waals surface area contributed by atoms with E-state index in [-0.39, 0.29) is 17.7 Å². The molecule has 0 spiro atoms. The predicted octanol–water partition coefficient (Wildman–Crippen LogP) is 0.156. The molecule has 0 amide bonds. The van der Waals surface area contributed by atoms with Gasteiger partial charge in [-0.1, -0.05) is 0 Å². The van der Waals surface area contributed by atoms with Gasteiger partial charge in [0.1, 0.15) is 6.10 Å². The minimum absolute atomic E-state index is 0.0131. The van der Waals surface area contributed by atoms with Gasteiger partial charge in [-0.15, -0.1) is 0 Å². The summed E-state index contributed by atoms with van der Waals surface area (Å²) < 4.78 is 10.5. The molecule has 0 saturated carbocycles. The summed E-state index contributed by atoms with van der Waals surface area (Å²) in [6, 6.07) is 0. The number of hydrogen-bond donors (Lipinski definition) is 2. The first-order chi connectivity index (χ1) is 7.15. The number of aromatic amines is 1. The highest BCUT2D eigenvalue weighted by Gasteiger charge is 2.10. The van der Waals surface area contributed by atoms with Crippen LogP contribution in [0, 0.1) is 0 Å². The molecule has 0 aliphatic carbocycles. The van der Waals surface area contributed by atoms with E-state index < -0.39 is 5.56 Å². The fourth-order valence-corrected chi connectivity index (χ4v) is 0.996. The van der Waals surface area contributed by atoms with Crippen molar-refractivity contribution in [2.45, 2.75) is 20.0 Å². The Bertz CT molecular complexity index is 364. The van der Waals surface area contributed by atoms with Crippen molar-refractivity contribution in [3.8, 4) is 5.88 Å². The van der Waals surface area contributed by atoms with Crippen LogP contribution in [-0.4, -0.2) is 29.3 Å². The topological polar surface area (TPSA) is 90.2 Å². The molecule has 1 aromatic heterocycles. The van der Waals surface area contributed by atoms with E-state index in [0.717, 1.165) is 0 Å². The highest BCUT2D eigenvalue weighted by molar-refractivity contribution is 5.44. The van der Waals surface area contributed by atoms with Crippen molar-refractivity contribution in [2.24, 2.45) is 0 Å². The maximum absolute atomic E-state index is 11.1. The van der Waals surface area contributed by atoms with Crippen LogP contribution in [0.4, 0.5) is 5.69 Å². The van der Waals surface area contributed by atoms with Crippen LogP contribution in [-0.2, 0) is 4.74 Å². The van der Waals surface area contributed by atoms with Gasteiger partial charge in [-0.05, 0) is 13.8 Å². The Morgan fingerprint density at radius 2 is 2.40 bits per heavy atom. The third-order valence-electron chi connectivity index (χ3n) is 1.72. The second kappa shape index (κ2) is 5.35. The monoisotopic (exact) mass is 213 g/mol. The molecule has 0 fully saturated rings. The first-order valence-corrected chi connectivity index (χ1v) is 4.72. The lowest BCUT2D eigenvalue weighted by molar-refractivity contribution is 0.0636. The molecule has 0 saturated heterocycles. The van der Waals surface area contributed by atoms with Crippen LogP contribution in [0.2, 0.25) is 0 Å². The number of hydrogen-bond acceptors (Lipinski definition) is 5. The second-order valence-corrected chi connectivity index (χ2v) is 3.04. The zero-order chi connectivity index (χ0) is 11.3. The third-order valence-corrected chi connectivity index (χ3v) is 1.72. The van der Waals surface area contributed by atoms with Gasteiger partial charge in [-0.2, -0.15) is 0 Å². The number of rotatable bonds is 5. The fourth-order valence-electron chi connectivity index (χ4n) is 0.996. The lowest BCUT2D eigenvalue weighted by Crippen LogP contribution is -2.22. The van der Waals surface area contributed by atoms with Crippen LogP contribution in [0.15, 0.2) is 11.1 Å². The number of nitrogens with two attached hydrogens (primary N) is 1. The van der Waals surface area contributed by atoms with E-state index in [1.807, 2.05) is 13.8 Å². The number of anilines is 1. The normalized spacial score (nSPS) is 12.4. The van der Waals surface area contributed by atoms with Gasteiger partial charge in [0.25, 0.3) is 5.56 Å². The molecule has 1 unspecified atom stereocenters. The van der Waals surface area contributed by atoms with Gasteiger partial charge in [0.05, 0.1) is 12.9 Å². The molecule has 6 heteroatoms. The SMILES string of the molecule is CCOCC(C)Oc1nc[nH]c(=O)c1N. The molecule has 1 rings (SSSR count). The van der Waals surface area contributed by atoms with Crippen molar-refractivity contribution in [3.63, 3.8) is 0 Å². The molecule has 0 aromatic carbocycles. The van der Waals surface area contributed by atoms with Gasteiger partial charge in [-0.3, -0.25) is 4.79 Å².